The second-order valence-corrected chi connectivity index (χ2v) is 9.04. The van der Waals surface area contributed by atoms with Gasteiger partial charge in [0.15, 0.2) is 0 Å². The summed E-state index contributed by atoms with van der Waals surface area (Å²) in [6.45, 7) is 1.51. The van der Waals surface area contributed by atoms with Crippen molar-refractivity contribution in [1.29, 1.82) is 5.26 Å². The second-order valence-electron chi connectivity index (χ2n) is 8.64. The molecule has 1 aliphatic carbocycles. The molecule has 2 aromatic heterocycles. The molecule has 0 spiro atoms. The van der Waals surface area contributed by atoms with E-state index in [9.17, 15) is 19.2 Å². The zero-order valence-electron chi connectivity index (χ0n) is 18.8. The number of hydrogen-bond acceptors (Lipinski definition) is 4. The molecule has 1 fully saturated rings. The summed E-state index contributed by atoms with van der Waals surface area (Å²) in [4.78, 5) is 31.7. The fourth-order valence-corrected chi connectivity index (χ4v) is 4.48. The summed E-state index contributed by atoms with van der Waals surface area (Å²) in [6.07, 6.45) is 5.30. The normalized spacial score (nSPS) is 13.0. The third kappa shape index (κ3) is 4.17. The predicted octanol–water partition coefficient (Wildman–Crippen LogP) is 5.23. The van der Waals surface area contributed by atoms with Gasteiger partial charge >= 0.3 is 5.69 Å². The van der Waals surface area contributed by atoms with Gasteiger partial charge in [-0.15, -0.1) is 0 Å². The van der Waals surface area contributed by atoms with Crippen molar-refractivity contribution < 1.29 is 4.39 Å². The fraction of sp³-hybridized carbons (Fsp3) is 0.185. The Balaban J connectivity index is 1.88. The number of rotatable bonds is 5. The maximum atomic E-state index is 14.0. The zero-order valence-corrected chi connectivity index (χ0v) is 19.6. The van der Waals surface area contributed by atoms with Gasteiger partial charge in [-0.05, 0) is 66.1 Å². The summed E-state index contributed by atoms with van der Waals surface area (Å²) in [5.41, 5.74) is 2.30. The van der Waals surface area contributed by atoms with E-state index in [-0.39, 0.29) is 28.5 Å². The van der Waals surface area contributed by atoms with Crippen molar-refractivity contribution in [3.8, 4) is 34.1 Å². The van der Waals surface area contributed by atoms with Gasteiger partial charge in [-0.1, -0.05) is 41.9 Å². The van der Waals surface area contributed by atoms with Crippen LogP contribution in [-0.2, 0) is 6.54 Å². The number of aryl methyl sites for hydroxylation is 1. The molecule has 2 heterocycles. The van der Waals surface area contributed by atoms with E-state index in [1.165, 1.54) is 34.5 Å². The van der Waals surface area contributed by atoms with Gasteiger partial charge < -0.3 is 0 Å². The molecule has 1 aliphatic rings. The van der Waals surface area contributed by atoms with Gasteiger partial charge in [-0.25, -0.2) is 13.8 Å². The molecule has 0 atom stereocenters. The molecule has 0 amide bonds. The van der Waals surface area contributed by atoms with Crippen LogP contribution in [0.15, 0.2) is 70.5 Å². The van der Waals surface area contributed by atoms with E-state index in [4.69, 9.17) is 11.6 Å². The number of nitriles is 1. The Morgan fingerprint density at radius 3 is 2.43 bits per heavy atom. The smallest absolute Gasteiger partial charge is 0.278 e. The van der Waals surface area contributed by atoms with Crippen LogP contribution in [0.1, 0.15) is 29.9 Å². The minimum atomic E-state index is -0.665. The minimum Gasteiger partial charge on any atom is -0.278 e. The number of pyridine rings is 1. The lowest BCUT2D eigenvalue weighted by Crippen LogP contribution is -2.40. The van der Waals surface area contributed by atoms with E-state index < -0.39 is 17.1 Å². The minimum absolute atomic E-state index is 0.141. The molecule has 4 aromatic rings. The van der Waals surface area contributed by atoms with E-state index in [1.54, 1.807) is 19.2 Å². The zero-order chi connectivity index (χ0) is 24.7. The molecule has 6 nitrogen and oxygen atoms in total. The first-order valence-electron chi connectivity index (χ1n) is 11.1. The van der Waals surface area contributed by atoms with Gasteiger partial charge in [-0.2, -0.15) is 5.26 Å². The number of aromatic nitrogens is 3. The molecule has 0 unspecified atom stereocenters. The summed E-state index contributed by atoms with van der Waals surface area (Å²) in [6, 6.07) is 15.3. The van der Waals surface area contributed by atoms with Crippen molar-refractivity contribution in [3.63, 3.8) is 0 Å². The van der Waals surface area contributed by atoms with Crippen LogP contribution < -0.4 is 11.2 Å². The molecule has 1 saturated carbocycles. The SMILES string of the molecule is Cc1cncc(-n2c(=O)c(-c3ccc(F)c(Cl)c3)c(-c3ccc(C4CC4)cc3)n(CC#N)c2=O)c1. The fourth-order valence-electron chi connectivity index (χ4n) is 4.30. The number of hydrogen-bond donors (Lipinski definition) is 0. The first kappa shape index (κ1) is 22.8. The van der Waals surface area contributed by atoms with Crippen LogP contribution in [-0.4, -0.2) is 14.1 Å². The van der Waals surface area contributed by atoms with Gasteiger partial charge in [0.25, 0.3) is 5.56 Å². The molecular weight excluding hydrogens is 467 g/mol. The lowest BCUT2D eigenvalue weighted by molar-refractivity contribution is 0.628. The molecule has 2 aromatic carbocycles. The molecule has 8 heteroatoms. The van der Waals surface area contributed by atoms with Crippen molar-refractivity contribution in [2.45, 2.75) is 32.2 Å². The molecular formula is C27H20ClFN4O2. The third-order valence-electron chi connectivity index (χ3n) is 6.13. The Morgan fingerprint density at radius 1 is 1.09 bits per heavy atom. The van der Waals surface area contributed by atoms with Crippen LogP contribution in [0.2, 0.25) is 5.02 Å². The molecule has 5 rings (SSSR count). The average molecular weight is 487 g/mol. The van der Waals surface area contributed by atoms with E-state index in [1.807, 2.05) is 30.3 Å². The molecule has 0 N–H and O–H groups in total. The van der Waals surface area contributed by atoms with Crippen LogP contribution >= 0.6 is 11.6 Å². The first-order chi connectivity index (χ1) is 16.9. The Bertz CT molecular complexity index is 1610. The van der Waals surface area contributed by atoms with Crippen LogP contribution in [0.5, 0.6) is 0 Å². The molecule has 174 valence electrons. The van der Waals surface area contributed by atoms with Gasteiger partial charge in [0, 0.05) is 6.20 Å². The molecule has 0 radical (unpaired) electrons. The molecule has 0 saturated heterocycles. The van der Waals surface area contributed by atoms with Crippen LogP contribution in [0, 0.1) is 24.1 Å². The van der Waals surface area contributed by atoms with Crippen molar-refractivity contribution in [2.75, 3.05) is 0 Å². The third-order valence-corrected chi connectivity index (χ3v) is 6.42. The topological polar surface area (TPSA) is 80.7 Å². The summed E-state index contributed by atoms with van der Waals surface area (Å²) in [7, 11) is 0. The van der Waals surface area contributed by atoms with E-state index in [0.717, 1.165) is 23.0 Å². The standard InChI is InChI=1S/C27H20ClFN4O2/c1-16-12-21(15-31-14-16)33-26(34)24(20-8-9-23(29)22(28)13-20)25(32(11-10-30)27(33)35)19-6-4-18(5-7-19)17-2-3-17/h4-9,12-15,17H,2-3,11H2,1H3. The van der Waals surface area contributed by atoms with Crippen LogP contribution in [0.4, 0.5) is 4.39 Å². The van der Waals surface area contributed by atoms with Gasteiger partial charge in [0.2, 0.25) is 0 Å². The first-order valence-corrected chi connectivity index (χ1v) is 11.5. The summed E-state index contributed by atoms with van der Waals surface area (Å²) < 4.78 is 16.3. The van der Waals surface area contributed by atoms with Crippen LogP contribution in [0.3, 0.4) is 0 Å². The highest BCUT2D eigenvalue weighted by Crippen LogP contribution is 2.41. The largest absolute Gasteiger partial charge is 0.337 e. The van der Waals surface area contributed by atoms with Crippen LogP contribution in [0.25, 0.3) is 28.1 Å². The maximum absolute atomic E-state index is 14.0. The summed E-state index contributed by atoms with van der Waals surface area (Å²) >= 11 is 6.07. The predicted molar refractivity (Wildman–Crippen MR) is 132 cm³/mol. The lowest BCUT2D eigenvalue weighted by Gasteiger charge is -2.19. The van der Waals surface area contributed by atoms with Gasteiger partial charge in [0.05, 0.1) is 34.2 Å². The average Bonchev–Trinajstić information content (AvgIpc) is 3.69. The molecule has 0 bridgehead atoms. The molecule has 0 aliphatic heterocycles. The van der Waals surface area contributed by atoms with Gasteiger partial charge in [0.1, 0.15) is 12.4 Å². The number of nitrogens with zero attached hydrogens (tertiary/aromatic N) is 4. The Hall–Kier alpha value is -4.02. The van der Waals surface area contributed by atoms with E-state index >= 15 is 0 Å². The van der Waals surface area contributed by atoms with E-state index in [0.29, 0.717) is 17.0 Å². The Kier molecular flexibility index (Phi) is 5.83. The van der Waals surface area contributed by atoms with Crippen molar-refractivity contribution >= 4 is 11.6 Å². The lowest BCUT2D eigenvalue weighted by atomic mass is 9.98. The van der Waals surface area contributed by atoms with Crippen molar-refractivity contribution in [3.05, 3.63) is 104 Å². The van der Waals surface area contributed by atoms with Crippen molar-refractivity contribution in [2.24, 2.45) is 0 Å². The van der Waals surface area contributed by atoms with E-state index in [2.05, 4.69) is 4.98 Å². The molecule has 35 heavy (non-hydrogen) atoms. The highest BCUT2D eigenvalue weighted by atomic mass is 35.5. The Morgan fingerprint density at radius 2 is 1.80 bits per heavy atom. The monoisotopic (exact) mass is 486 g/mol. The Labute approximate surface area is 205 Å². The quantitative estimate of drug-likeness (QED) is 0.387. The summed E-state index contributed by atoms with van der Waals surface area (Å²) in [5, 5.41) is 9.42. The highest BCUT2D eigenvalue weighted by Gasteiger charge is 2.26. The second kappa shape index (κ2) is 8.97. The highest BCUT2D eigenvalue weighted by molar-refractivity contribution is 6.31. The maximum Gasteiger partial charge on any atom is 0.337 e. The van der Waals surface area contributed by atoms with Gasteiger partial charge in [-0.3, -0.25) is 14.3 Å². The number of halogens is 2. The number of benzene rings is 2. The summed E-state index contributed by atoms with van der Waals surface area (Å²) in [5.74, 6) is -0.0955. The van der Waals surface area contributed by atoms with Crippen molar-refractivity contribution in [1.82, 2.24) is 14.1 Å².